The van der Waals surface area contributed by atoms with Crippen LogP contribution in [0.1, 0.15) is 6.92 Å². The molecular weight excluding hydrogens is 363 g/mol. The zero-order chi connectivity index (χ0) is 16.4. The summed E-state index contributed by atoms with van der Waals surface area (Å²) in [5, 5.41) is 3.46. The number of carbonyl (C=O) groups excluding carboxylic acids is 1. The zero-order valence-electron chi connectivity index (χ0n) is 12.3. The first-order chi connectivity index (χ1) is 11.1. The Morgan fingerprint density at radius 1 is 1.26 bits per heavy atom. The number of halogens is 2. The Morgan fingerprint density at radius 2 is 2.04 bits per heavy atom. The number of hydrogen-bond donors (Lipinski definition) is 1. The summed E-state index contributed by atoms with van der Waals surface area (Å²) in [6.07, 6.45) is -0.561. The number of aromatic nitrogens is 1. The van der Waals surface area contributed by atoms with E-state index < -0.39 is 6.09 Å². The van der Waals surface area contributed by atoms with Gasteiger partial charge in [0, 0.05) is 11.9 Å². The Balaban J connectivity index is 2.23. The molecule has 4 nitrogen and oxygen atoms in total. The molecule has 1 aromatic heterocycles. The van der Waals surface area contributed by atoms with Gasteiger partial charge in [0.25, 0.3) is 0 Å². The largest absolute Gasteiger partial charge is 0.413 e. The summed E-state index contributed by atoms with van der Waals surface area (Å²) >= 11 is 3.48. The number of benzene rings is 2. The molecule has 0 bridgehead atoms. The highest BCUT2D eigenvalue weighted by Gasteiger charge is 2.20. The van der Waals surface area contributed by atoms with E-state index in [0.29, 0.717) is 22.6 Å². The van der Waals surface area contributed by atoms with Crippen molar-refractivity contribution in [2.24, 2.45) is 0 Å². The predicted molar refractivity (Wildman–Crippen MR) is 90.6 cm³/mol. The van der Waals surface area contributed by atoms with Crippen LogP contribution < -0.4 is 10.1 Å². The second kappa shape index (κ2) is 6.42. The first-order valence-electron chi connectivity index (χ1n) is 7.12. The summed E-state index contributed by atoms with van der Waals surface area (Å²) in [5.41, 5.74) is 1.38. The number of hydrogen-bond acceptors (Lipinski definition) is 2. The molecule has 0 spiro atoms. The highest BCUT2D eigenvalue weighted by molar-refractivity contribution is 9.10. The number of amides is 1. The lowest BCUT2D eigenvalue weighted by Crippen LogP contribution is -2.27. The molecular formula is C17H14BrFN2O2. The number of nitrogens with zero attached hydrogens (tertiary/aromatic N) is 1. The van der Waals surface area contributed by atoms with Crippen molar-refractivity contribution in [2.75, 3.05) is 6.54 Å². The fourth-order valence-corrected chi connectivity index (χ4v) is 3.00. The van der Waals surface area contributed by atoms with Crippen LogP contribution in [0.5, 0.6) is 5.88 Å². The number of carbonyl (C=O) groups is 1. The van der Waals surface area contributed by atoms with Crippen molar-refractivity contribution in [1.82, 2.24) is 9.88 Å². The first kappa shape index (κ1) is 15.6. The molecule has 0 saturated carbocycles. The monoisotopic (exact) mass is 376 g/mol. The van der Waals surface area contributed by atoms with Crippen LogP contribution in [0.3, 0.4) is 0 Å². The van der Waals surface area contributed by atoms with Crippen LogP contribution in [-0.4, -0.2) is 17.2 Å². The number of fused-ring (bicyclic) bond motifs is 1. The maximum Gasteiger partial charge on any atom is 0.413 e. The molecule has 3 aromatic rings. The molecule has 0 fully saturated rings. The number of rotatable bonds is 3. The molecule has 23 heavy (non-hydrogen) atoms. The van der Waals surface area contributed by atoms with E-state index in [-0.39, 0.29) is 5.82 Å². The van der Waals surface area contributed by atoms with Gasteiger partial charge in [-0.15, -0.1) is 0 Å². The Bertz CT molecular complexity index is 876. The van der Waals surface area contributed by atoms with Gasteiger partial charge in [0.15, 0.2) is 0 Å². The van der Waals surface area contributed by atoms with Crippen molar-refractivity contribution in [2.45, 2.75) is 6.92 Å². The van der Waals surface area contributed by atoms with E-state index in [1.165, 1.54) is 12.1 Å². The number of ether oxygens (including phenoxy) is 1. The second-order valence-corrected chi connectivity index (χ2v) is 5.66. The van der Waals surface area contributed by atoms with Crippen LogP contribution in [0, 0.1) is 5.82 Å². The Kier molecular flexibility index (Phi) is 4.34. The lowest BCUT2D eigenvalue weighted by molar-refractivity contribution is 0.198. The maximum atomic E-state index is 13.6. The Labute approximate surface area is 141 Å². The van der Waals surface area contributed by atoms with E-state index in [4.69, 9.17) is 4.74 Å². The summed E-state index contributed by atoms with van der Waals surface area (Å²) < 4.78 is 21.4. The smallest absolute Gasteiger partial charge is 0.391 e. The third-order valence-corrected chi connectivity index (χ3v) is 4.12. The van der Waals surface area contributed by atoms with Gasteiger partial charge in [-0.2, -0.15) is 0 Å². The molecule has 0 aliphatic heterocycles. The van der Waals surface area contributed by atoms with Gasteiger partial charge < -0.3 is 10.1 Å². The van der Waals surface area contributed by atoms with E-state index in [1.807, 2.05) is 24.3 Å². The minimum absolute atomic E-state index is 0.308. The van der Waals surface area contributed by atoms with Crippen molar-refractivity contribution in [3.8, 4) is 11.6 Å². The lowest BCUT2D eigenvalue weighted by Gasteiger charge is -2.11. The predicted octanol–water partition coefficient (Wildman–Crippen LogP) is 4.64. The average molecular weight is 377 g/mol. The first-order valence-corrected chi connectivity index (χ1v) is 7.91. The third kappa shape index (κ3) is 2.94. The lowest BCUT2D eigenvalue weighted by atomic mass is 10.2. The SMILES string of the molecule is CCNC(=O)Oc1c(Br)c2ccccc2n1-c1cccc(F)c1. The summed E-state index contributed by atoms with van der Waals surface area (Å²) in [7, 11) is 0. The second-order valence-electron chi connectivity index (χ2n) is 4.87. The van der Waals surface area contributed by atoms with Gasteiger partial charge in [-0.05, 0) is 47.1 Å². The van der Waals surface area contributed by atoms with Gasteiger partial charge in [0.1, 0.15) is 5.82 Å². The van der Waals surface area contributed by atoms with Gasteiger partial charge in [0.05, 0.1) is 15.7 Å². The number of nitrogens with one attached hydrogen (secondary N) is 1. The fraction of sp³-hybridized carbons (Fsp3) is 0.118. The standard InChI is InChI=1S/C17H14BrFN2O2/c1-2-20-17(22)23-16-15(18)13-8-3-4-9-14(13)21(16)12-7-5-6-11(19)10-12/h3-10H,2H2,1H3,(H,20,22). The fourth-order valence-electron chi connectivity index (χ4n) is 2.41. The van der Waals surface area contributed by atoms with Gasteiger partial charge in [-0.25, -0.2) is 9.18 Å². The molecule has 1 amide bonds. The minimum Gasteiger partial charge on any atom is -0.391 e. The van der Waals surface area contributed by atoms with E-state index in [2.05, 4.69) is 21.2 Å². The molecule has 1 N–H and O–H groups in total. The van der Waals surface area contributed by atoms with Crippen molar-refractivity contribution in [1.29, 1.82) is 0 Å². The molecule has 0 aliphatic carbocycles. The van der Waals surface area contributed by atoms with Crippen LogP contribution >= 0.6 is 15.9 Å². The van der Waals surface area contributed by atoms with Crippen molar-refractivity contribution in [3.63, 3.8) is 0 Å². The Morgan fingerprint density at radius 3 is 2.78 bits per heavy atom. The zero-order valence-corrected chi connectivity index (χ0v) is 13.9. The molecule has 0 atom stereocenters. The molecule has 0 radical (unpaired) electrons. The molecule has 3 rings (SSSR count). The van der Waals surface area contributed by atoms with Gasteiger partial charge in [0.2, 0.25) is 5.88 Å². The normalized spacial score (nSPS) is 10.7. The third-order valence-electron chi connectivity index (χ3n) is 3.35. The summed E-state index contributed by atoms with van der Waals surface area (Å²) in [6.45, 7) is 2.26. The Hall–Kier alpha value is -2.34. The van der Waals surface area contributed by atoms with Crippen LogP contribution in [0.2, 0.25) is 0 Å². The molecule has 6 heteroatoms. The van der Waals surface area contributed by atoms with Crippen molar-refractivity contribution >= 4 is 32.9 Å². The van der Waals surface area contributed by atoms with Crippen LogP contribution in [0.4, 0.5) is 9.18 Å². The van der Waals surface area contributed by atoms with Crippen LogP contribution in [0.25, 0.3) is 16.6 Å². The molecule has 0 saturated heterocycles. The number of para-hydroxylation sites is 1. The van der Waals surface area contributed by atoms with E-state index in [9.17, 15) is 9.18 Å². The van der Waals surface area contributed by atoms with E-state index in [0.717, 1.165) is 10.9 Å². The minimum atomic E-state index is -0.561. The quantitative estimate of drug-likeness (QED) is 0.723. The molecule has 2 aromatic carbocycles. The summed E-state index contributed by atoms with van der Waals surface area (Å²) in [4.78, 5) is 11.9. The molecule has 0 aliphatic rings. The topological polar surface area (TPSA) is 43.3 Å². The maximum absolute atomic E-state index is 13.6. The van der Waals surface area contributed by atoms with E-state index in [1.54, 1.807) is 23.6 Å². The summed E-state index contributed by atoms with van der Waals surface area (Å²) in [5.74, 6) is -0.0527. The van der Waals surface area contributed by atoms with Crippen molar-refractivity contribution < 1.29 is 13.9 Å². The molecule has 118 valence electrons. The van der Waals surface area contributed by atoms with E-state index >= 15 is 0 Å². The molecule has 1 heterocycles. The van der Waals surface area contributed by atoms with Crippen LogP contribution in [0.15, 0.2) is 53.0 Å². The highest BCUT2D eigenvalue weighted by atomic mass is 79.9. The van der Waals surface area contributed by atoms with Crippen molar-refractivity contribution in [3.05, 3.63) is 58.8 Å². The summed E-state index contributed by atoms with van der Waals surface area (Å²) in [6, 6.07) is 13.7. The highest BCUT2D eigenvalue weighted by Crippen LogP contribution is 2.39. The van der Waals surface area contributed by atoms with Crippen LogP contribution in [-0.2, 0) is 0 Å². The molecule has 0 unspecified atom stereocenters. The van der Waals surface area contributed by atoms with Gasteiger partial charge in [-0.1, -0.05) is 24.3 Å². The van der Waals surface area contributed by atoms with Gasteiger partial charge in [-0.3, -0.25) is 4.57 Å². The average Bonchev–Trinajstić information content (AvgIpc) is 2.81. The van der Waals surface area contributed by atoms with Gasteiger partial charge >= 0.3 is 6.09 Å².